The summed E-state index contributed by atoms with van der Waals surface area (Å²) < 4.78 is 2.24. The van der Waals surface area contributed by atoms with E-state index in [9.17, 15) is 0 Å². The molecule has 1 heterocycles. The molecule has 0 amide bonds. The number of hydrogen-bond acceptors (Lipinski definition) is 2. The molecule has 5 aromatic rings. The molecule has 5 rings (SSSR count). The molecule has 4 aromatic carbocycles. The van der Waals surface area contributed by atoms with Gasteiger partial charge in [0, 0.05) is 39.0 Å². The highest BCUT2D eigenvalue weighted by Gasteiger charge is 2.17. The van der Waals surface area contributed by atoms with E-state index in [4.69, 9.17) is 23.1 Å². The number of nitrogens with two attached hydrogens (primary N) is 2. The van der Waals surface area contributed by atoms with Crippen molar-refractivity contribution in [1.29, 1.82) is 0 Å². The minimum Gasteiger partial charge on any atom is -0.398 e. The second kappa shape index (κ2) is 6.32. The van der Waals surface area contributed by atoms with Gasteiger partial charge in [0.1, 0.15) is 0 Å². The Kier molecular flexibility index (Phi) is 3.78. The van der Waals surface area contributed by atoms with Crippen LogP contribution < -0.4 is 11.5 Å². The predicted molar refractivity (Wildman–Crippen MR) is 120 cm³/mol. The molecule has 0 bridgehead atoms. The molecule has 0 aliphatic rings. The molecule has 0 unspecified atom stereocenters. The van der Waals surface area contributed by atoms with Gasteiger partial charge in [-0.15, -0.1) is 0 Å². The van der Waals surface area contributed by atoms with E-state index in [1.165, 1.54) is 0 Å². The van der Waals surface area contributed by atoms with E-state index in [1.54, 1.807) is 0 Å². The standard InChI is InChI=1S/C24H18ClN3/c25-19-10-6-11-20(26)24(19)18-13-17-16-9-4-5-12-22(16)28(23(17)14-21(18)27)15-7-2-1-3-8-15/h1-14H,26-27H2. The van der Waals surface area contributed by atoms with Crippen LogP contribution in [0.4, 0.5) is 11.4 Å². The average molecular weight is 384 g/mol. The van der Waals surface area contributed by atoms with Gasteiger partial charge in [-0.1, -0.05) is 54.1 Å². The van der Waals surface area contributed by atoms with Crippen molar-refractivity contribution < 1.29 is 0 Å². The fraction of sp³-hybridized carbons (Fsp3) is 0. The van der Waals surface area contributed by atoms with Crippen LogP contribution in [0.15, 0.2) is 84.9 Å². The van der Waals surface area contributed by atoms with Crippen LogP contribution in [0.2, 0.25) is 5.02 Å². The number of anilines is 2. The number of rotatable bonds is 2. The Labute approximate surface area is 167 Å². The highest BCUT2D eigenvalue weighted by molar-refractivity contribution is 6.34. The lowest BCUT2D eigenvalue weighted by molar-refractivity contribution is 1.18. The summed E-state index contributed by atoms with van der Waals surface area (Å²) in [6.45, 7) is 0. The van der Waals surface area contributed by atoms with Gasteiger partial charge in [0.2, 0.25) is 0 Å². The quantitative estimate of drug-likeness (QED) is 0.353. The summed E-state index contributed by atoms with van der Waals surface area (Å²) in [6.07, 6.45) is 0. The maximum atomic E-state index is 6.50. The number of fused-ring (bicyclic) bond motifs is 3. The third-order valence-electron chi connectivity index (χ3n) is 5.17. The molecular weight excluding hydrogens is 366 g/mol. The Hall–Kier alpha value is -3.43. The summed E-state index contributed by atoms with van der Waals surface area (Å²) in [5.41, 5.74) is 18.9. The van der Waals surface area contributed by atoms with Crippen molar-refractivity contribution in [1.82, 2.24) is 4.57 Å². The van der Waals surface area contributed by atoms with E-state index in [-0.39, 0.29) is 0 Å². The van der Waals surface area contributed by atoms with Gasteiger partial charge < -0.3 is 16.0 Å². The topological polar surface area (TPSA) is 57.0 Å². The van der Waals surface area contributed by atoms with E-state index < -0.39 is 0 Å². The third kappa shape index (κ3) is 2.44. The second-order valence-corrected chi connectivity index (χ2v) is 7.26. The number of hydrogen-bond donors (Lipinski definition) is 2. The number of benzene rings is 4. The molecule has 3 nitrogen and oxygen atoms in total. The first-order valence-corrected chi connectivity index (χ1v) is 9.45. The van der Waals surface area contributed by atoms with Crippen molar-refractivity contribution in [2.24, 2.45) is 0 Å². The maximum absolute atomic E-state index is 6.50. The summed E-state index contributed by atoms with van der Waals surface area (Å²) in [6, 6.07) is 28.3. The van der Waals surface area contributed by atoms with Gasteiger partial charge in [0.15, 0.2) is 0 Å². The van der Waals surface area contributed by atoms with E-state index in [2.05, 4.69) is 47.0 Å². The molecular formula is C24H18ClN3. The number of halogens is 1. The predicted octanol–water partition coefficient (Wildman–Crippen LogP) is 6.27. The van der Waals surface area contributed by atoms with Gasteiger partial charge >= 0.3 is 0 Å². The van der Waals surface area contributed by atoms with Crippen LogP contribution in [0.3, 0.4) is 0 Å². The first-order valence-electron chi connectivity index (χ1n) is 9.07. The average Bonchev–Trinajstić information content (AvgIpc) is 3.02. The van der Waals surface area contributed by atoms with Gasteiger partial charge in [-0.05, 0) is 42.5 Å². The molecule has 0 saturated carbocycles. The van der Waals surface area contributed by atoms with E-state index in [0.717, 1.165) is 38.6 Å². The summed E-state index contributed by atoms with van der Waals surface area (Å²) >= 11 is 6.47. The summed E-state index contributed by atoms with van der Waals surface area (Å²) in [5.74, 6) is 0. The molecule has 0 fully saturated rings. The van der Waals surface area contributed by atoms with Crippen molar-refractivity contribution in [3.8, 4) is 16.8 Å². The maximum Gasteiger partial charge on any atom is 0.0562 e. The molecule has 136 valence electrons. The van der Waals surface area contributed by atoms with Crippen LogP contribution in [0.5, 0.6) is 0 Å². The lowest BCUT2D eigenvalue weighted by Gasteiger charge is -2.13. The highest BCUT2D eigenvalue weighted by atomic mass is 35.5. The Morgan fingerprint density at radius 1 is 0.643 bits per heavy atom. The molecule has 0 saturated heterocycles. The lowest BCUT2D eigenvalue weighted by atomic mass is 9.99. The number of para-hydroxylation sites is 2. The number of aromatic nitrogens is 1. The molecule has 0 atom stereocenters. The minimum atomic E-state index is 0.595. The van der Waals surface area contributed by atoms with Crippen LogP contribution in [-0.4, -0.2) is 4.57 Å². The van der Waals surface area contributed by atoms with E-state index >= 15 is 0 Å². The van der Waals surface area contributed by atoms with Gasteiger partial charge in [-0.2, -0.15) is 0 Å². The summed E-state index contributed by atoms with van der Waals surface area (Å²) in [7, 11) is 0. The Bertz CT molecular complexity index is 1320. The zero-order chi connectivity index (χ0) is 19.3. The van der Waals surface area contributed by atoms with Crippen LogP contribution in [-0.2, 0) is 0 Å². The fourth-order valence-corrected chi connectivity index (χ4v) is 4.21. The molecule has 0 aliphatic carbocycles. The van der Waals surface area contributed by atoms with Crippen molar-refractivity contribution in [3.05, 3.63) is 90.0 Å². The summed E-state index contributed by atoms with van der Waals surface area (Å²) in [5, 5.41) is 2.87. The smallest absolute Gasteiger partial charge is 0.0562 e. The summed E-state index contributed by atoms with van der Waals surface area (Å²) in [4.78, 5) is 0. The Balaban J connectivity index is 1.91. The van der Waals surface area contributed by atoms with Gasteiger partial charge in [0.25, 0.3) is 0 Å². The van der Waals surface area contributed by atoms with Crippen LogP contribution >= 0.6 is 11.6 Å². The molecule has 0 radical (unpaired) electrons. The van der Waals surface area contributed by atoms with Gasteiger partial charge in [0.05, 0.1) is 16.1 Å². The molecule has 4 N–H and O–H groups in total. The first-order chi connectivity index (χ1) is 13.6. The van der Waals surface area contributed by atoms with E-state index in [0.29, 0.717) is 16.4 Å². The normalized spacial score (nSPS) is 11.3. The fourth-order valence-electron chi connectivity index (χ4n) is 3.93. The zero-order valence-electron chi connectivity index (χ0n) is 15.1. The Morgan fingerprint density at radius 2 is 1.39 bits per heavy atom. The molecule has 0 aliphatic heterocycles. The van der Waals surface area contributed by atoms with Crippen LogP contribution in [0.1, 0.15) is 0 Å². The van der Waals surface area contributed by atoms with Crippen LogP contribution in [0.25, 0.3) is 38.6 Å². The van der Waals surface area contributed by atoms with Gasteiger partial charge in [-0.25, -0.2) is 0 Å². The number of nitrogen functional groups attached to an aromatic ring is 2. The minimum absolute atomic E-state index is 0.595. The van der Waals surface area contributed by atoms with Crippen molar-refractivity contribution >= 4 is 44.8 Å². The van der Waals surface area contributed by atoms with Crippen LogP contribution in [0, 0.1) is 0 Å². The second-order valence-electron chi connectivity index (χ2n) is 6.85. The number of nitrogens with zero attached hydrogens (tertiary/aromatic N) is 1. The van der Waals surface area contributed by atoms with Crippen molar-refractivity contribution in [2.75, 3.05) is 11.5 Å². The molecule has 4 heteroatoms. The Morgan fingerprint density at radius 3 is 2.18 bits per heavy atom. The van der Waals surface area contributed by atoms with Gasteiger partial charge in [-0.3, -0.25) is 0 Å². The highest BCUT2D eigenvalue weighted by Crippen LogP contribution is 2.41. The molecule has 0 spiro atoms. The van der Waals surface area contributed by atoms with Crippen molar-refractivity contribution in [3.63, 3.8) is 0 Å². The van der Waals surface area contributed by atoms with Crippen molar-refractivity contribution in [2.45, 2.75) is 0 Å². The third-order valence-corrected chi connectivity index (χ3v) is 5.49. The van der Waals surface area contributed by atoms with E-state index in [1.807, 2.05) is 42.5 Å². The monoisotopic (exact) mass is 383 g/mol. The first kappa shape index (κ1) is 16.7. The largest absolute Gasteiger partial charge is 0.398 e. The SMILES string of the molecule is Nc1cc2c(cc1-c1c(N)cccc1Cl)c1ccccc1n2-c1ccccc1. The molecule has 28 heavy (non-hydrogen) atoms. The lowest BCUT2D eigenvalue weighted by Crippen LogP contribution is -1.97. The zero-order valence-corrected chi connectivity index (χ0v) is 15.8. The molecule has 1 aromatic heterocycles.